The second-order valence-electron chi connectivity index (χ2n) is 7.11. The zero-order valence-electron chi connectivity index (χ0n) is 15.1. The molecule has 0 radical (unpaired) electrons. The lowest BCUT2D eigenvalue weighted by molar-refractivity contribution is -0.0236. The number of rotatable bonds is 5. The van der Waals surface area contributed by atoms with Gasteiger partial charge >= 0.3 is 0 Å². The highest BCUT2D eigenvalue weighted by molar-refractivity contribution is 5.82. The van der Waals surface area contributed by atoms with Gasteiger partial charge in [0.05, 0.1) is 23.3 Å². The summed E-state index contributed by atoms with van der Waals surface area (Å²) in [6, 6.07) is 6.27. The fourth-order valence-electron chi connectivity index (χ4n) is 3.57. The Labute approximate surface area is 155 Å². The molecule has 3 aromatic rings. The van der Waals surface area contributed by atoms with Crippen molar-refractivity contribution in [2.75, 3.05) is 11.9 Å². The van der Waals surface area contributed by atoms with Gasteiger partial charge in [0, 0.05) is 24.4 Å². The molecule has 0 atom stereocenters. The molecule has 1 aromatic carbocycles. The summed E-state index contributed by atoms with van der Waals surface area (Å²) in [7, 11) is 0. The zero-order chi connectivity index (χ0) is 19.2. The molecule has 0 aliphatic heterocycles. The predicted molar refractivity (Wildman–Crippen MR) is 98.5 cm³/mol. The molecular weight excluding hydrogens is 351 g/mol. The van der Waals surface area contributed by atoms with E-state index in [1.165, 1.54) is 12.1 Å². The molecule has 0 unspecified atom stereocenters. The van der Waals surface area contributed by atoms with Gasteiger partial charge in [-0.3, -0.25) is 4.40 Å². The number of aliphatic hydroxyl groups is 1. The largest absolute Gasteiger partial charge is 0.507 e. The number of phenols is 1. The van der Waals surface area contributed by atoms with Crippen LogP contribution < -0.4 is 10.1 Å². The summed E-state index contributed by atoms with van der Waals surface area (Å²) in [5.74, 6) is -0.130. The van der Waals surface area contributed by atoms with Crippen molar-refractivity contribution in [2.45, 2.75) is 38.3 Å². The van der Waals surface area contributed by atoms with Crippen LogP contribution in [0.3, 0.4) is 0 Å². The Hall–Kier alpha value is -2.87. The van der Waals surface area contributed by atoms with E-state index in [4.69, 9.17) is 4.74 Å². The number of ether oxygens (including phenoxy) is 1. The summed E-state index contributed by atoms with van der Waals surface area (Å²) in [4.78, 5) is 0. The third kappa shape index (κ3) is 3.16. The number of halogens is 1. The van der Waals surface area contributed by atoms with E-state index in [0.717, 1.165) is 0 Å². The third-order valence-electron chi connectivity index (χ3n) is 4.76. The Morgan fingerprint density at radius 1 is 1.37 bits per heavy atom. The predicted octanol–water partition coefficient (Wildman–Crippen LogP) is 2.97. The molecule has 27 heavy (non-hydrogen) atoms. The molecule has 7 nitrogen and oxygen atoms in total. The molecule has 142 valence electrons. The molecule has 0 amide bonds. The van der Waals surface area contributed by atoms with Crippen LogP contribution in [0.2, 0.25) is 0 Å². The highest BCUT2D eigenvalue weighted by Crippen LogP contribution is 2.37. The van der Waals surface area contributed by atoms with Crippen molar-refractivity contribution < 1.29 is 19.3 Å². The first-order valence-corrected chi connectivity index (χ1v) is 8.86. The Kier molecular flexibility index (Phi) is 4.15. The Morgan fingerprint density at radius 2 is 2.15 bits per heavy atom. The fourth-order valence-corrected chi connectivity index (χ4v) is 3.57. The number of nitrogens with zero attached hydrogens (tertiary/aromatic N) is 3. The number of aromatic nitrogens is 3. The smallest absolute Gasteiger partial charge is 0.228 e. The number of hydrogen-bond acceptors (Lipinski definition) is 6. The van der Waals surface area contributed by atoms with Crippen molar-refractivity contribution in [2.24, 2.45) is 0 Å². The Bertz CT molecular complexity index is 971. The van der Waals surface area contributed by atoms with E-state index in [2.05, 4.69) is 15.5 Å². The van der Waals surface area contributed by atoms with Gasteiger partial charge in [-0.2, -0.15) is 0 Å². The lowest BCUT2D eigenvalue weighted by Crippen LogP contribution is -2.48. The maximum Gasteiger partial charge on any atom is 0.228 e. The summed E-state index contributed by atoms with van der Waals surface area (Å²) in [5, 5.41) is 31.8. The Morgan fingerprint density at radius 3 is 2.81 bits per heavy atom. The summed E-state index contributed by atoms with van der Waals surface area (Å²) >= 11 is 0. The second-order valence-corrected chi connectivity index (χ2v) is 7.11. The van der Waals surface area contributed by atoms with Crippen molar-refractivity contribution in [3.63, 3.8) is 0 Å². The number of phenolic OH excluding ortho intramolecular Hbond substituents is 1. The summed E-state index contributed by atoms with van der Waals surface area (Å²) < 4.78 is 21.7. The zero-order valence-corrected chi connectivity index (χ0v) is 15.1. The van der Waals surface area contributed by atoms with E-state index in [9.17, 15) is 14.6 Å². The number of aromatic hydroxyl groups is 1. The maximum absolute atomic E-state index is 14.7. The minimum atomic E-state index is -0.655. The number of hydrogen-bond donors (Lipinski definition) is 3. The highest BCUT2D eigenvalue weighted by Gasteiger charge is 2.38. The van der Waals surface area contributed by atoms with Crippen molar-refractivity contribution in [3.8, 4) is 22.8 Å². The molecule has 4 rings (SSSR count). The molecular formula is C19H21FN4O3. The normalized spacial score (nSPS) is 21.9. The molecule has 3 N–H and O–H groups in total. The van der Waals surface area contributed by atoms with E-state index >= 15 is 0 Å². The van der Waals surface area contributed by atoms with Crippen LogP contribution in [0.4, 0.5) is 10.3 Å². The van der Waals surface area contributed by atoms with E-state index in [-0.39, 0.29) is 28.8 Å². The monoisotopic (exact) mass is 372 g/mol. The first kappa shape index (κ1) is 17.5. The van der Waals surface area contributed by atoms with E-state index < -0.39 is 11.4 Å². The minimum absolute atomic E-state index is 0.0206. The van der Waals surface area contributed by atoms with Crippen LogP contribution >= 0.6 is 0 Å². The molecule has 1 saturated carbocycles. The van der Waals surface area contributed by atoms with E-state index in [0.29, 0.717) is 30.9 Å². The number of fused-ring (bicyclic) bond motifs is 1. The third-order valence-corrected chi connectivity index (χ3v) is 4.76. The van der Waals surface area contributed by atoms with Gasteiger partial charge in [0.25, 0.3) is 0 Å². The van der Waals surface area contributed by atoms with Crippen molar-refractivity contribution in [1.29, 1.82) is 0 Å². The van der Waals surface area contributed by atoms with Gasteiger partial charge in [0.15, 0.2) is 0 Å². The van der Waals surface area contributed by atoms with Crippen molar-refractivity contribution >= 4 is 11.5 Å². The summed E-state index contributed by atoms with van der Waals surface area (Å²) in [6.45, 7) is 3.95. The van der Waals surface area contributed by atoms with Gasteiger partial charge in [0.1, 0.15) is 23.0 Å². The van der Waals surface area contributed by atoms with Gasteiger partial charge in [-0.15, -0.1) is 10.2 Å². The topological polar surface area (TPSA) is 91.9 Å². The molecule has 1 aliphatic rings. The van der Waals surface area contributed by atoms with Crippen LogP contribution in [0, 0.1) is 5.82 Å². The van der Waals surface area contributed by atoms with Crippen molar-refractivity contribution in [3.05, 3.63) is 36.3 Å². The number of benzene rings is 1. The van der Waals surface area contributed by atoms with Gasteiger partial charge in [-0.1, -0.05) is 0 Å². The molecule has 2 aromatic heterocycles. The van der Waals surface area contributed by atoms with Crippen molar-refractivity contribution in [1.82, 2.24) is 14.6 Å². The highest BCUT2D eigenvalue weighted by atomic mass is 19.1. The average Bonchev–Trinajstić information content (AvgIpc) is 3.04. The van der Waals surface area contributed by atoms with Crippen LogP contribution in [0.1, 0.15) is 26.7 Å². The summed E-state index contributed by atoms with van der Waals surface area (Å²) in [5.41, 5.74) is 0.173. The van der Waals surface area contributed by atoms with Gasteiger partial charge < -0.3 is 20.3 Å². The van der Waals surface area contributed by atoms with Crippen LogP contribution in [0.15, 0.2) is 30.5 Å². The van der Waals surface area contributed by atoms with Gasteiger partial charge in [0.2, 0.25) is 5.95 Å². The lowest BCUT2D eigenvalue weighted by Gasteiger charge is -2.41. The standard InChI is InChI=1S/C19H21FN4O3/c1-3-27-12-7-13(20)16(15(25)8-12)17-14-5-4-6-24(14)18(23-22-17)21-11-9-19(2,26)10-11/h4-8,11,25-26H,3,9-10H2,1-2H3,(H,21,23). The lowest BCUT2D eigenvalue weighted by atomic mass is 9.77. The molecule has 8 heteroatoms. The Balaban J connectivity index is 1.72. The average molecular weight is 372 g/mol. The van der Waals surface area contributed by atoms with Crippen LogP contribution in [0.25, 0.3) is 16.8 Å². The number of nitrogens with one attached hydrogen (secondary N) is 1. The molecule has 0 saturated heterocycles. The van der Waals surface area contributed by atoms with Crippen LogP contribution in [-0.4, -0.2) is 43.1 Å². The first-order chi connectivity index (χ1) is 12.9. The minimum Gasteiger partial charge on any atom is -0.507 e. The number of anilines is 1. The molecule has 2 heterocycles. The van der Waals surface area contributed by atoms with E-state index in [1.54, 1.807) is 36.6 Å². The molecule has 1 aliphatic carbocycles. The molecule has 1 fully saturated rings. The molecule has 0 spiro atoms. The second kappa shape index (κ2) is 6.38. The van der Waals surface area contributed by atoms with Gasteiger partial charge in [-0.05, 0) is 38.8 Å². The van der Waals surface area contributed by atoms with E-state index in [1.807, 2.05) is 0 Å². The van der Waals surface area contributed by atoms with Gasteiger partial charge in [-0.25, -0.2) is 4.39 Å². The van der Waals surface area contributed by atoms with Crippen LogP contribution in [0.5, 0.6) is 11.5 Å². The maximum atomic E-state index is 14.7. The fraction of sp³-hybridized carbons (Fsp3) is 0.368. The SMILES string of the molecule is CCOc1cc(O)c(-c2nnc(NC3CC(C)(O)C3)n3cccc23)c(F)c1. The van der Waals surface area contributed by atoms with Crippen LogP contribution in [-0.2, 0) is 0 Å². The quantitative estimate of drug-likeness (QED) is 0.638. The first-order valence-electron chi connectivity index (χ1n) is 8.86. The molecule has 0 bridgehead atoms. The summed E-state index contributed by atoms with van der Waals surface area (Å²) in [6.07, 6.45) is 3.02.